The number of aliphatic hydroxyl groups is 1. The first kappa shape index (κ1) is 94.5. The van der Waals surface area contributed by atoms with Crippen LogP contribution in [0, 0.1) is 0 Å². The van der Waals surface area contributed by atoms with Crippen LogP contribution in [0.5, 0.6) is 0 Å². The summed E-state index contributed by atoms with van der Waals surface area (Å²) in [6.07, 6.45) is 71.7. The topological polar surface area (TPSA) is 237 Å². The smallest absolute Gasteiger partial charge is 0.462 e. The lowest BCUT2D eigenvalue weighted by atomic mass is 10.0. The Morgan fingerprint density at radius 2 is 0.551 bits per heavy atom. The van der Waals surface area contributed by atoms with E-state index in [4.69, 9.17) is 37.0 Å². The minimum absolute atomic E-state index is 0.0784. The van der Waals surface area contributed by atoms with Crippen molar-refractivity contribution in [3.8, 4) is 0 Å². The van der Waals surface area contributed by atoms with Gasteiger partial charge in [0.2, 0.25) is 0 Å². The van der Waals surface area contributed by atoms with Gasteiger partial charge in [0, 0.05) is 25.7 Å². The quantitative estimate of drug-likeness (QED) is 0.0169. The van der Waals surface area contributed by atoms with Gasteiger partial charge in [-0.1, -0.05) is 287 Å². The highest BCUT2D eigenvalue weighted by molar-refractivity contribution is 7.47. The van der Waals surface area contributed by atoms with E-state index in [1.807, 2.05) is 0 Å². The standard InChI is InChI=1S/C79H142O17P2/c1-5-9-13-17-21-25-29-33-35-36-38-42-44-48-52-56-60-64-77(82)90-70-75(96-79(84)66-62-58-54-50-46-40-32-28-24-20-16-12-8-4)72-94-98(87,88)92-68-73(80)67-91-97(85,86)93-71-74(95-78(83)65-61-57-53-49-45-39-31-27-23-19-15-11-7-3)69-89-76(81)63-59-55-51-47-43-41-37-34-30-26-22-18-14-10-6-2/h9,13,16,20-21,25,27-28,31-33,35,73-75,80H,5-8,10-12,14-15,17-19,22-24,26,29-30,34,36-72H2,1-4H3,(H,85,86)(H,87,88)/b13-9-,20-16-,25-21-,31-27-,32-28-,35-33-. The molecule has 17 nitrogen and oxygen atoms in total. The Bertz CT molecular complexity index is 2140. The van der Waals surface area contributed by atoms with Crippen molar-refractivity contribution in [2.75, 3.05) is 39.6 Å². The van der Waals surface area contributed by atoms with Gasteiger partial charge in [0.25, 0.3) is 0 Å². The summed E-state index contributed by atoms with van der Waals surface area (Å²) in [5.74, 6) is -2.18. The molecule has 0 aliphatic heterocycles. The Balaban J connectivity index is 5.32. The van der Waals surface area contributed by atoms with Crippen molar-refractivity contribution in [2.24, 2.45) is 0 Å². The molecule has 0 saturated carbocycles. The Hall–Kier alpha value is -3.50. The van der Waals surface area contributed by atoms with Gasteiger partial charge in [0.1, 0.15) is 19.3 Å². The van der Waals surface area contributed by atoms with E-state index in [1.54, 1.807) is 0 Å². The van der Waals surface area contributed by atoms with E-state index in [9.17, 15) is 43.2 Å². The summed E-state index contributed by atoms with van der Waals surface area (Å²) in [4.78, 5) is 72.9. The van der Waals surface area contributed by atoms with Crippen molar-refractivity contribution in [1.29, 1.82) is 0 Å². The lowest BCUT2D eigenvalue weighted by Crippen LogP contribution is -2.30. The van der Waals surface area contributed by atoms with Gasteiger partial charge in [0.15, 0.2) is 12.2 Å². The number of carbonyl (C=O) groups excluding carboxylic acids is 4. The van der Waals surface area contributed by atoms with Gasteiger partial charge in [0.05, 0.1) is 26.4 Å². The van der Waals surface area contributed by atoms with Crippen LogP contribution in [0.3, 0.4) is 0 Å². The molecule has 0 aromatic heterocycles. The zero-order valence-electron chi connectivity index (χ0n) is 62.2. The first-order chi connectivity index (χ1) is 47.7. The second-order valence-corrected chi connectivity index (χ2v) is 29.2. The monoisotopic (exact) mass is 1420 g/mol. The number of aliphatic hydroxyl groups excluding tert-OH is 1. The molecule has 0 bridgehead atoms. The van der Waals surface area contributed by atoms with Crippen LogP contribution in [0.25, 0.3) is 0 Å². The molecule has 0 heterocycles. The van der Waals surface area contributed by atoms with E-state index in [-0.39, 0.29) is 25.7 Å². The van der Waals surface area contributed by atoms with Crippen molar-refractivity contribution >= 4 is 39.5 Å². The Labute approximate surface area is 596 Å². The number of phosphoric ester groups is 2. The van der Waals surface area contributed by atoms with Crippen molar-refractivity contribution in [1.82, 2.24) is 0 Å². The molecular formula is C79H142O17P2. The van der Waals surface area contributed by atoms with Gasteiger partial charge in [-0.15, -0.1) is 0 Å². The Morgan fingerprint density at radius 3 is 0.878 bits per heavy atom. The molecule has 98 heavy (non-hydrogen) atoms. The van der Waals surface area contributed by atoms with Crippen LogP contribution >= 0.6 is 15.6 Å². The number of hydrogen-bond acceptors (Lipinski definition) is 15. The zero-order valence-corrected chi connectivity index (χ0v) is 64.0. The third-order valence-electron chi connectivity index (χ3n) is 16.6. The molecule has 0 aromatic rings. The summed E-state index contributed by atoms with van der Waals surface area (Å²) in [7, 11) is -9.95. The van der Waals surface area contributed by atoms with Crippen LogP contribution in [0.2, 0.25) is 0 Å². The van der Waals surface area contributed by atoms with E-state index in [2.05, 4.69) is 101 Å². The summed E-state index contributed by atoms with van der Waals surface area (Å²) in [5.41, 5.74) is 0. The van der Waals surface area contributed by atoms with E-state index >= 15 is 0 Å². The van der Waals surface area contributed by atoms with E-state index in [0.29, 0.717) is 25.7 Å². The average Bonchev–Trinajstić information content (AvgIpc) is 0.969. The fourth-order valence-corrected chi connectivity index (χ4v) is 12.3. The summed E-state index contributed by atoms with van der Waals surface area (Å²) in [5, 5.41) is 10.6. The molecule has 0 rings (SSSR count). The van der Waals surface area contributed by atoms with Gasteiger partial charge in [-0.25, -0.2) is 9.13 Å². The molecule has 0 aliphatic carbocycles. The third-order valence-corrected chi connectivity index (χ3v) is 18.5. The summed E-state index contributed by atoms with van der Waals surface area (Å²) >= 11 is 0. The molecule has 0 amide bonds. The van der Waals surface area contributed by atoms with Crippen LogP contribution in [-0.4, -0.2) is 96.7 Å². The second kappa shape index (κ2) is 71.9. The molecule has 570 valence electrons. The largest absolute Gasteiger partial charge is 0.472 e. The highest BCUT2D eigenvalue weighted by atomic mass is 31.2. The van der Waals surface area contributed by atoms with E-state index < -0.39 is 97.5 Å². The van der Waals surface area contributed by atoms with Crippen molar-refractivity contribution < 1.29 is 80.2 Å². The number of phosphoric acid groups is 2. The average molecular weight is 1430 g/mol. The van der Waals surface area contributed by atoms with Crippen LogP contribution in [0.4, 0.5) is 0 Å². The highest BCUT2D eigenvalue weighted by Crippen LogP contribution is 2.45. The number of allylic oxidation sites excluding steroid dienone is 12. The highest BCUT2D eigenvalue weighted by Gasteiger charge is 2.30. The fraction of sp³-hybridized carbons (Fsp3) is 0.797. The number of hydrogen-bond donors (Lipinski definition) is 3. The minimum Gasteiger partial charge on any atom is -0.462 e. The minimum atomic E-state index is -4.98. The lowest BCUT2D eigenvalue weighted by Gasteiger charge is -2.21. The maximum Gasteiger partial charge on any atom is 0.472 e. The van der Waals surface area contributed by atoms with Crippen molar-refractivity contribution in [3.63, 3.8) is 0 Å². The Kier molecular flexibility index (Phi) is 69.3. The molecule has 5 unspecified atom stereocenters. The number of rotatable bonds is 74. The molecule has 0 radical (unpaired) electrons. The van der Waals surface area contributed by atoms with E-state index in [1.165, 1.54) is 96.3 Å². The predicted molar refractivity (Wildman–Crippen MR) is 400 cm³/mol. The second-order valence-electron chi connectivity index (χ2n) is 26.3. The molecule has 0 aliphatic rings. The van der Waals surface area contributed by atoms with Gasteiger partial charge in [-0.2, -0.15) is 0 Å². The zero-order chi connectivity index (χ0) is 71.8. The third kappa shape index (κ3) is 70.9. The lowest BCUT2D eigenvalue weighted by molar-refractivity contribution is -0.161. The van der Waals surface area contributed by atoms with Crippen molar-refractivity contribution in [2.45, 2.75) is 367 Å². The first-order valence-electron chi connectivity index (χ1n) is 39.2. The molecule has 0 fully saturated rings. The normalized spacial score (nSPS) is 14.3. The van der Waals surface area contributed by atoms with Crippen LogP contribution in [0.15, 0.2) is 72.9 Å². The number of esters is 4. The van der Waals surface area contributed by atoms with Crippen molar-refractivity contribution in [3.05, 3.63) is 72.9 Å². The number of carbonyl (C=O) groups is 4. The molecule has 5 atom stereocenters. The molecule has 3 N–H and O–H groups in total. The summed E-state index contributed by atoms with van der Waals surface area (Å²) < 4.78 is 68.5. The molecule has 0 saturated heterocycles. The summed E-state index contributed by atoms with van der Waals surface area (Å²) in [6.45, 7) is 4.70. The van der Waals surface area contributed by atoms with Crippen LogP contribution in [-0.2, 0) is 65.4 Å². The molecular weight excluding hydrogens is 1280 g/mol. The van der Waals surface area contributed by atoms with E-state index in [0.717, 1.165) is 173 Å². The molecule has 0 spiro atoms. The number of unbranched alkanes of at least 4 members (excludes halogenated alkanes) is 36. The summed E-state index contributed by atoms with van der Waals surface area (Å²) in [6, 6.07) is 0. The van der Waals surface area contributed by atoms with Gasteiger partial charge < -0.3 is 33.8 Å². The van der Waals surface area contributed by atoms with Crippen LogP contribution in [0.1, 0.15) is 349 Å². The fourth-order valence-electron chi connectivity index (χ4n) is 10.7. The Morgan fingerprint density at radius 1 is 0.296 bits per heavy atom. The first-order valence-corrected chi connectivity index (χ1v) is 42.2. The number of ether oxygens (including phenoxy) is 4. The maximum atomic E-state index is 13.1. The maximum absolute atomic E-state index is 13.1. The SMILES string of the molecule is CC/C=C\C/C=C\C/C=C\CCCCCCCCCC(=O)OCC(COP(=O)(O)OCC(O)COP(=O)(O)OCC(COC(=O)CCCCCCCCCCCCCCCCC)OC(=O)CCCCCCC/C=C\CCCCCC)OC(=O)CCCCCCC/C=C\C/C=C\CCC. The predicted octanol–water partition coefficient (Wildman–Crippen LogP) is 22.4. The van der Waals surface area contributed by atoms with Crippen LogP contribution < -0.4 is 0 Å². The molecule has 0 aromatic carbocycles. The van der Waals surface area contributed by atoms with Gasteiger partial charge >= 0.3 is 39.5 Å². The van der Waals surface area contributed by atoms with Gasteiger partial charge in [-0.05, 0) is 109 Å². The molecule has 19 heteroatoms. The van der Waals surface area contributed by atoms with Gasteiger partial charge in [-0.3, -0.25) is 37.3 Å².